The molecule has 13 heteroatoms. The number of ether oxygens (including phenoxy) is 5. The minimum atomic E-state index is -1.93. The lowest BCUT2D eigenvalue weighted by molar-refractivity contribution is -0.349. The van der Waals surface area contributed by atoms with Gasteiger partial charge in [-0.2, -0.15) is 0 Å². The van der Waals surface area contributed by atoms with Crippen molar-refractivity contribution in [2.45, 2.75) is 141 Å². The molecule has 0 bridgehead atoms. The number of carbonyl (C=O) groups is 1. The van der Waals surface area contributed by atoms with Gasteiger partial charge in [0.2, 0.25) is 0 Å². The largest absolute Gasteiger partial charge is 0.459 e. The highest BCUT2D eigenvalue weighted by Crippen LogP contribution is 2.42. The van der Waals surface area contributed by atoms with Gasteiger partial charge in [0, 0.05) is 0 Å². The predicted molar refractivity (Wildman–Crippen MR) is 137 cm³/mol. The maximum atomic E-state index is 13.2. The topological polar surface area (TPSA) is 205 Å². The third kappa shape index (κ3) is 6.50. The average molecular weight is 581 g/mol. The lowest BCUT2D eigenvalue weighted by Crippen LogP contribution is -2.67. The van der Waals surface area contributed by atoms with Gasteiger partial charge in [0.1, 0.15) is 53.7 Å². The highest BCUT2D eigenvalue weighted by Gasteiger charge is 2.60. The molecule has 234 valence electrons. The molecule has 13 nitrogen and oxygen atoms in total. The zero-order chi connectivity index (χ0) is 30.3. The van der Waals surface area contributed by atoms with Crippen LogP contribution in [-0.2, 0) is 28.5 Å². The molecule has 15 atom stereocenters. The maximum absolute atomic E-state index is 13.2. The van der Waals surface area contributed by atoms with Crippen LogP contribution in [0.5, 0.6) is 0 Å². The Morgan fingerprint density at radius 1 is 0.825 bits per heavy atom. The Balaban J connectivity index is 1.82. The normalized spacial score (nSPS) is 48.5. The van der Waals surface area contributed by atoms with Crippen molar-refractivity contribution in [1.82, 2.24) is 0 Å². The second-order valence-corrected chi connectivity index (χ2v) is 12.7. The number of hydrogen-bond donors (Lipinski definition) is 7. The Bertz CT molecular complexity index is 849. The maximum Gasteiger partial charge on any atom is 0.317 e. The number of aliphatic hydroxyl groups excluding tert-OH is 7. The van der Waals surface area contributed by atoms with Crippen LogP contribution in [0.2, 0.25) is 0 Å². The molecule has 0 aromatic rings. The van der Waals surface area contributed by atoms with Crippen LogP contribution in [0.15, 0.2) is 0 Å². The van der Waals surface area contributed by atoms with Crippen LogP contribution < -0.4 is 0 Å². The van der Waals surface area contributed by atoms with Crippen molar-refractivity contribution >= 4 is 5.97 Å². The lowest BCUT2D eigenvalue weighted by atomic mass is 9.73. The summed E-state index contributed by atoms with van der Waals surface area (Å²) in [6.45, 7) is 10.9. The molecule has 0 spiro atoms. The molecule has 2 saturated heterocycles. The minimum absolute atomic E-state index is 0.249. The highest BCUT2D eigenvalue weighted by atomic mass is 16.7. The average Bonchev–Trinajstić information content (AvgIpc) is 2.87. The SMILES string of the molecule is CCC1OC(OC2C(C)CC(C)C(OC3OC(CO)C(O)C(C)(C(=O)OC(C)(C)C)C3O)C2O)C(O)C(O)C1O. The second kappa shape index (κ2) is 12.7. The fourth-order valence-electron chi connectivity index (χ4n) is 5.86. The Morgan fingerprint density at radius 2 is 1.35 bits per heavy atom. The van der Waals surface area contributed by atoms with Crippen LogP contribution in [-0.4, -0.2) is 128 Å². The van der Waals surface area contributed by atoms with E-state index in [0.717, 1.165) is 0 Å². The van der Waals surface area contributed by atoms with Crippen molar-refractivity contribution < 1.29 is 64.2 Å². The fourth-order valence-corrected chi connectivity index (χ4v) is 5.86. The van der Waals surface area contributed by atoms with Crippen LogP contribution in [0, 0.1) is 17.3 Å². The van der Waals surface area contributed by atoms with Gasteiger partial charge in [0.25, 0.3) is 0 Å². The summed E-state index contributed by atoms with van der Waals surface area (Å²) in [6.07, 6.45) is -15.1. The summed E-state index contributed by atoms with van der Waals surface area (Å²) < 4.78 is 28.9. The van der Waals surface area contributed by atoms with Crippen LogP contribution in [0.1, 0.15) is 61.3 Å². The van der Waals surface area contributed by atoms with E-state index < -0.39 is 97.2 Å². The van der Waals surface area contributed by atoms with Gasteiger partial charge in [-0.3, -0.25) is 4.79 Å². The third-order valence-electron chi connectivity index (χ3n) is 8.36. The summed E-state index contributed by atoms with van der Waals surface area (Å²) in [5.74, 6) is -1.45. The first-order valence-corrected chi connectivity index (χ1v) is 14.0. The van der Waals surface area contributed by atoms with Gasteiger partial charge in [-0.1, -0.05) is 20.8 Å². The summed E-state index contributed by atoms with van der Waals surface area (Å²) >= 11 is 0. The summed E-state index contributed by atoms with van der Waals surface area (Å²) in [7, 11) is 0. The van der Waals surface area contributed by atoms with E-state index in [-0.39, 0.29) is 11.8 Å². The first-order valence-electron chi connectivity index (χ1n) is 14.0. The molecule has 0 aromatic carbocycles. The molecule has 3 aliphatic rings. The van der Waals surface area contributed by atoms with Gasteiger partial charge >= 0.3 is 5.97 Å². The van der Waals surface area contributed by atoms with E-state index in [1.165, 1.54) is 6.92 Å². The monoisotopic (exact) mass is 580 g/mol. The molecule has 3 fully saturated rings. The summed E-state index contributed by atoms with van der Waals surface area (Å²) in [4.78, 5) is 13.2. The summed E-state index contributed by atoms with van der Waals surface area (Å²) in [5, 5.41) is 74.3. The molecule has 0 amide bonds. The van der Waals surface area contributed by atoms with Gasteiger partial charge in [-0.25, -0.2) is 0 Å². The van der Waals surface area contributed by atoms with E-state index in [9.17, 15) is 40.5 Å². The Hall–Kier alpha value is -0.970. The molecule has 1 saturated carbocycles. The number of hydrogen-bond acceptors (Lipinski definition) is 13. The molecule has 40 heavy (non-hydrogen) atoms. The molecule has 7 N–H and O–H groups in total. The first kappa shape index (κ1) is 33.5. The Labute approximate surface area is 234 Å². The van der Waals surface area contributed by atoms with E-state index in [1.807, 2.05) is 13.8 Å². The summed E-state index contributed by atoms with van der Waals surface area (Å²) in [5.41, 5.74) is -2.86. The molecular formula is C27H48O13. The molecule has 15 unspecified atom stereocenters. The van der Waals surface area contributed by atoms with Gasteiger partial charge < -0.3 is 59.4 Å². The van der Waals surface area contributed by atoms with E-state index in [4.69, 9.17) is 23.7 Å². The first-order chi connectivity index (χ1) is 18.5. The van der Waals surface area contributed by atoms with Crippen molar-refractivity contribution in [3.63, 3.8) is 0 Å². The molecule has 2 heterocycles. The third-order valence-corrected chi connectivity index (χ3v) is 8.36. The second-order valence-electron chi connectivity index (χ2n) is 12.7. The smallest absolute Gasteiger partial charge is 0.317 e. The molecule has 1 aliphatic carbocycles. The van der Waals surface area contributed by atoms with Gasteiger partial charge in [0.15, 0.2) is 12.6 Å². The van der Waals surface area contributed by atoms with Crippen molar-refractivity contribution in [3.8, 4) is 0 Å². The van der Waals surface area contributed by atoms with E-state index in [2.05, 4.69) is 0 Å². The van der Waals surface area contributed by atoms with Crippen LogP contribution >= 0.6 is 0 Å². The fraction of sp³-hybridized carbons (Fsp3) is 0.963. The van der Waals surface area contributed by atoms with E-state index in [0.29, 0.717) is 12.8 Å². The molecule has 2 aliphatic heterocycles. The van der Waals surface area contributed by atoms with Crippen molar-refractivity contribution in [2.75, 3.05) is 6.61 Å². The lowest BCUT2D eigenvalue weighted by Gasteiger charge is -2.51. The van der Waals surface area contributed by atoms with E-state index >= 15 is 0 Å². The predicted octanol–water partition coefficient (Wildman–Crippen LogP) is -1.20. The zero-order valence-corrected chi connectivity index (χ0v) is 24.3. The standard InChI is InChI=1S/C27H48O13/c1-8-13-15(29)16(30)17(31)23(36-13)38-19-11(2)9-12(3)20(18(19)32)39-24-22(34)27(7,21(33)14(10-28)37-24)25(35)40-26(4,5)6/h11-24,28-34H,8-10H2,1-7H3. The van der Waals surface area contributed by atoms with Crippen molar-refractivity contribution in [3.05, 3.63) is 0 Å². The van der Waals surface area contributed by atoms with Crippen molar-refractivity contribution in [2.24, 2.45) is 17.3 Å². The van der Waals surface area contributed by atoms with Gasteiger partial charge in [0.05, 0.1) is 24.9 Å². The number of carbonyl (C=O) groups excluding carboxylic acids is 1. The van der Waals surface area contributed by atoms with Crippen LogP contribution in [0.3, 0.4) is 0 Å². The zero-order valence-electron chi connectivity index (χ0n) is 24.3. The molecule has 0 aromatic heterocycles. The minimum Gasteiger partial charge on any atom is -0.459 e. The van der Waals surface area contributed by atoms with Crippen LogP contribution in [0.25, 0.3) is 0 Å². The number of esters is 1. The number of aliphatic hydroxyl groups is 7. The molecular weight excluding hydrogens is 532 g/mol. The highest BCUT2D eigenvalue weighted by molar-refractivity contribution is 5.78. The van der Waals surface area contributed by atoms with Crippen molar-refractivity contribution in [1.29, 1.82) is 0 Å². The Kier molecular flexibility index (Phi) is 10.7. The Morgan fingerprint density at radius 3 is 1.85 bits per heavy atom. The quantitative estimate of drug-likeness (QED) is 0.177. The molecule has 3 rings (SSSR count). The van der Waals surface area contributed by atoms with Crippen LogP contribution in [0.4, 0.5) is 0 Å². The van der Waals surface area contributed by atoms with Gasteiger partial charge in [-0.15, -0.1) is 0 Å². The molecule has 0 radical (unpaired) electrons. The summed E-state index contributed by atoms with van der Waals surface area (Å²) in [6, 6.07) is 0. The van der Waals surface area contributed by atoms with E-state index in [1.54, 1.807) is 27.7 Å². The number of rotatable bonds is 7. The van der Waals surface area contributed by atoms with Gasteiger partial charge in [-0.05, 0) is 52.4 Å².